The molecule has 0 fully saturated rings. The van der Waals surface area contributed by atoms with Crippen molar-refractivity contribution in [3.05, 3.63) is 64.7 Å². The lowest BCUT2D eigenvalue weighted by Gasteiger charge is -2.10. The highest BCUT2D eigenvalue weighted by Crippen LogP contribution is 2.28. The molecule has 1 N–H and O–H groups in total. The molecule has 0 aliphatic carbocycles. The molecule has 0 saturated carbocycles. The van der Waals surface area contributed by atoms with Crippen LogP contribution in [0.2, 0.25) is 0 Å². The molecule has 162 valence electrons. The predicted octanol–water partition coefficient (Wildman–Crippen LogP) is 3.80. The molecule has 0 bridgehead atoms. The second kappa shape index (κ2) is 9.88. The highest BCUT2D eigenvalue weighted by Gasteiger charge is 2.28. The largest absolute Gasteiger partial charge is 0.462 e. The van der Waals surface area contributed by atoms with Crippen LogP contribution in [-0.4, -0.2) is 36.8 Å². The molecule has 2 aromatic carbocycles. The van der Waals surface area contributed by atoms with Crippen LogP contribution in [0.5, 0.6) is 0 Å². The Bertz CT molecular complexity index is 977. The Labute approximate surface area is 180 Å². The summed E-state index contributed by atoms with van der Waals surface area (Å²) in [7, 11) is 0. The number of benzene rings is 2. The van der Waals surface area contributed by atoms with E-state index in [0.717, 1.165) is 11.1 Å². The molecule has 2 aromatic rings. The molecule has 31 heavy (non-hydrogen) atoms. The van der Waals surface area contributed by atoms with E-state index < -0.39 is 17.8 Å². The first kappa shape index (κ1) is 22.0. The lowest BCUT2D eigenvalue weighted by Crippen LogP contribution is -2.22. The van der Waals surface area contributed by atoms with Gasteiger partial charge in [0.25, 0.3) is 5.91 Å². The van der Waals surface area contributed by atoms with E-state index in [1.807, 2.05) is 31.2 Å². The third kappa shape index (κ3) is 5.48. The SMILES string of the molecule is CCOC(=O)c1cc(NC(=O)C2=NO[C@H](c3ccc(C)cc3)C2)cc(C(=O)OCC)c1. The summed E-state index contributed by atoms with van der Waals surface area (Å²) in [6.45, 7) is 5.71. The monoisotopic (exact) mass is 424 g/mol. The number of rotatable bonds is 7. The number of carbonyl (C=O) groups excluding carboxylic acids is 3. The molecule has 0 spiro atoms. The normalized spacial score (nSPS) is 14.9. The zero-order valence-electron chi connectivity index (χ0n) is 17.6. The molecule has 8 nitrogen and oxygen atoms in total. The third-order valence-corrected chi connectivity index (χ3v) is 4.59. The summed E-state index contributed by atoms with van der Waals surface area (Å²) in [5.41, 5.74) is 2.77. The highest BCUT2D eigenvalue weighted by atomic mass is 16.6. The minimum Gasteiger partial charge on any atom is -0.462 e. The maximum atomic E-state index is 12.7. The quantitative estimate of drug-likeness (QED) is 0.678. The van der Waals surface area contributed by atoms with E-state index >= 15 is 0 Å². The van der Waals surface area contributed by atoms with Gasteiger partial charge in [-0.1, -0.05) is 35.0 Å². The van der Waals surface area contributed by atoms with Crippen molar-refractivity contribution < 1.29 is 28.7 Å². The number of hydrogen-bond donors (Lipinski definition) is 1. The van der Waals surface area contributed by atoms with Gasteiger partial charge in [0.15, 0.2) is 6.10 Å². The van der Waals surface area contributed by atoms with Gasteiger partial charge in [0, 0.05) is 12.1 Å². The Morgan fingerprint density at radius 1 is 1.00 bits per heavy atom. The van der Waals surface area contributed by atoms with Crippen LogP contribution in [0.3, 0.4) is 0 Å². The van der Waals surface area contributed by atoms with Gasteiger partial charge in [-0.2, -0.15) is 0 Å². The zero-order valence-corrected chi connectivity index (χ0v) is 17.6. The molecule has 0 aromatic heterocycles. The van der Waals surface area contributed by atoms with Gasteiger partial charge in [-0.25, -0.2) is 9.59 Å². The van der Waals surface area contributed by atoms with Crippen molar-refractivity contribution in [1.29, 1.82) is 0 Å². The number of aryl methyl sites for hydroxylation is 1. The number of amides is 1. The van der Waals surface area contributed by atoms with Crippen LogP contribution in [0.15, 0.2) is 47.6 Å². The highest BCUT2D eigenvalue weighted by molar-refractivity contribution is 6.43. The van der Waals surface area contributed by atoms with Crippen LogP contribution in [0.25, 0.3) is 0 Å². The number of nitrogens with zero attached hydrogens (tertiary/aromatic N) is 1. The fraction of sp³-hybridized carbons (Fsp3) is 0.304. The van der Waals surface area contributed by atoms with E-state index in [9.17, 15) is 14.4 Å². The van der Waals surface area contributed by atoms with Crippen LogP contribution in [-0.2, 0) is 19.1 Å². The van der Waals surface area contributed by atoms with Gasteiger partial charge in [0.05, 0.1) is 24.3 Å². The van der Waals surface area contributed by atoms with Crippen molar-refractivity contribution in [3.8, 4) is 0 Å². The summed E-state index contributed by atoms with van der Waals surface area (Å²) in [6, 6.07) is 12.0. The molecular formula is C23H24N2O6. The average Bonchev–Trinajstić information content (AvgIpc) is 3.25. The fourth-order valence-corrected chi connectivity index (χ4v) is 3.04. The number of nitrogens with one attached hydrogen (secondary N) is 1. The standard InChI is InChI=1S/C23H24N2O6/c1-4-29-22(27)16-10-17(23(28)30-5-2)12-18(11-16)24-21(26)19-13-20(31-25-19)15-8-6-14(3)7-9-15/h6-12,20H,4-5,13H2,1-3H3,(H,24,26)/t20-/m0/s1. The Morgan fingerprint density at radius 3 is 2.13 bits per heavy atom. The first-order valence-corrected chi connectivity index (χ1v) is 10.0. The molecular weight excluding hydrogens is 400 g/mol. The molecule has 1 aliphatic heterocycles. The van der Waals surface area contributed by atoms with Gasteiger partial charge in [-0.3, -0.25) is 4.79 Å². The number of ether oxygens (including phenoxy) is 2. The number of carbonyl (C=O) groups is 3. The van der Waals surface area contributed by atoms with E-state index in [-0.39, 0.29) is 41.8 Å². The number of hydrogen-bond acceptors (Lipinski definition) is 7. The van der Waals surface area contributed by atoms with Crippen molar-refractivity contribution in [3.63, 3.8) is 0 Å². The molecule has 0 radical (unpaired) electrons. The number of oxime groups is 1. The maximum Gasteiger partial charge on any atom is 0.338 e. The predicted molar refractivity (Wildman–Crippen MR) is 114 cm³/mol. The first-order valence-electron chi connectivity index (χ1n) is 10.0. The second-order valence-electron chi connectivity index (χ2n) is 6.94. The smallest absolute Gasteiger partial charge is 0.338 e. The van der Waals surface area contributed by atoms with Crippen molar-refractivity contribution in [2.45, 2.75) is 33.3 Å². The van der Waals surface area contributed by atoms with E-state index in [2.05, 4.69) is 10.5 Å². The summed E-state index contributed by atoms with van der Waals surface area (Å²) in [5.74, 6) is -1.69. The Balaban J connectivity index is 1.76. The minimum absolute atomic E-state index is 0.129. The van der Waals surface area contributed by atoms with Crippen LogP contribution < -0.4 is 5.32 Å². The third-order valence-electron chi connectivity index (χ3n) is 4.59. The number of anilines is 1. The fourth-order valence-electron chi connectivity index (χ4n) is 3.04. The first-order chi connectivity index (χ1) is 14.9. The Morgan fingerprint density at radius 2 is 1.58 bits per heavy atom. The summed E-state index contributed by atoms with van der Waals surface area (Å²) < 4.78 is 10.0. The summed E-state index contributed by atoms with van der Waals surface area (Å²) in [5, 5.41) is 6.58. The van der Waals surface area contributed by atoms with Gasteiger partial charge in [-0.05, 0) is 44.5 Å². The van der Waals surface area contributed by atoms with Gasteiger partial charge < -0.3 is 19.6 Å². The summed E-state index contributed by atoms with van der Waals surface area (Å²) >= 11 is 0. The van der Waals surface area contributed by atoms with Gasteiger partial charge in [-0.15, -0.1) is 0 Å². The molecule has 0 unspecified atom stereocenters. The molecule has 1 atom stereocenters. The van der Waals surface area contributed by atoms with Crippen LogP contribution in [0.1, 0.15) is 58.2 Å². The molecule has 1 amide bonds. The van der Waals surface area contributed by atoms with Gasteiger partial charge >= 0.3 is 11.9 Å². The zero-order chi connectivity index (χ0) is 22.4. The van der Waals surface area contributed by atoms with Crippen molar-refractivity contribution in [1.82, 2.24) is 0 Å². The van der Waals surface area contributed by atoms with Crippen LogP contribution in [0.4, 0.5) is 5.69 Å². The van der Waals surface area contributed by atoms with E-state index in [4.69, 9.17) is 14.3 Å². The van der Waals surface area contributed by atoms with Crippen LogP contribution in [0, 0.1) is 6.92 Å². The lowest BCUT2D eigenvalue weighted by molar-refractivity contribution is -0.110. The summed E-state index contributed by atoms with van der Waals surface area (Å²) in [6.07, 6.45) is -0.0423. The van der Waals surface area contributed by atoms with Crippen molar-refractivity contribution >= 4 is 29.2 Å². The molecule has 8 heteroatoms. The minimum atomic E-state index is -0.606. The topological polar surface area (TPSA) is 103 Å². The van der Waals surface area contributed by atoms with E-state index in [1.54, 1.807) is 13.8 Å². The van der Waals surface area contributed by atoms with Gasteiger partial charge in [0.1, 0.15) is 5.71 Å². The van der Waals surface area contributed by atoms with Crippen molar-refractivity contribution in [2.24, 2.45) is 5.16 Å². The lowest BCUT2D eigenvalue weighted by atomic mass is 10.0. The Kier molecular flexibility index (Phi) is 7.02. The molecule has 1 aliphatic rings. The Hall–Kier alpha value is -3.68. The summed E-state index contributed by atoms with van der Waals surface area (Å²) in [4.78, 5) is 42.5. The maximum absolute atomic E-state index is 12.7. The van der Waals surface area contributed by atoms with Crippen LogP contribution >= 0.6 is 0 Å². The molecule has 1 heterocycles. The second-order valence-corrected chi connectivity index (χ2v) is 6.94. The molecule has 0 saturated heterocycles. The van der Waals surface area contributed by atoms with Gasteiger partial charge in [0.2, 0.25) is 0 Å². The van der Waals surface area contributed by atoms with E-state index in [1.165, 1.54) is 18.2 Å². The van der Waals surface area contributed by atoms with Crippen molar-refractivity contribution in [2.75, 3.05) is 18.5 Å². The number of esters is 2. The molecule has 3 rings (SSSR count). The van der Waals surface area contributed by atoms with E-state index in [0.29, 0.717) is 6.42 Å². The average molecular weight is 424 g/mol.